The maximum absolute atomic E-state index is 5.51. The summed E-state index contributed by atoms with van der Waals surface area (Å²) < 4.78 is 5.51. The minimum atomic E-state index is 0.325. The summed E-state index contributed by atoms with van der Waals surface area (Å²) in [4.78, 5) is 2.73. The van der Waals surface area contributed by atoms with Crippen molar-refractivity contribution < 1.29 is 4.74 Å². The number of ether oxygens (including phenoxy) is 1. The molecule has 120 valence electrons. The Morgan fingerprint density at radius 2 is 1.85 bits per heavy atom. The van der Waals surface area contributed by atoms with Crippen molar-refractivity contribution in [2.75, 3.05) is 32.8 Å². The normalized spacial score (nSPS) is 24.0. The van der Waals surface area contributed by atoms with Crippen LogP contribution in [0.25, 0.3) is 0 Å². The first-order chi connectivity index (χ1) is 9.39. The van der Waals surface area contributed by atoms with Crippen molar-refractivity contribution in [1.29, 1.82) is 0 Å². The predicted octanol–water partition coefficient (Wildman–Crippen LogP) is 3.29. The van der Waals surface area contributed by atoms with Gasteiger partial charge < -0.3 is 10.1 Å². The van der Waals surface area contributed by atoms with Crippen LogP contribution in [0.3, 0.4) is 0 Å². The number of hydrogen-bond donors (Lipinski definition) is 1. The van der Waals surface area contributed by atoms with Crippen molar-refractivity contribution in [3.8, 4) is 0 Å². The number of nitrogens with one attached hydrogen (secondary N) is 1. The lowest BCUT2D eigenvalue weighted by Crippen LogP contribution is -2.66. The van der Waals surface area contributed by atoms with E-state index in [0.717, 1.165) is 39.3 Å². The van der Waals surface area contributed by atoms with Gasteiger partial charge in [-0.25, -0.2) is 0 Å². The molecule has 0 saturated carbocycles. The largest absolute Gasteiger partial charge is 0.382 e. The Balaban J connectivity index is 2.68. The second-order valence-corrected chi connectivity index (χ2v) is 7.23. The fourth-order valence-electron chi connectivity index (χ4n) is 3.26. The summed E-state index contributed by atoms with van der Waals surface area (Å²) in [6, 6.07) is 0.584. The predicted molar refractivity (Wildman–Crippen MR) is 87.2 cm³/mol. The van der Waals surface area contributed by atoms with Gasteiger partial charge in [0, 0.05) is 44.4 Å². The van der Waals surface area contributed by atoms with E-state index in [1.807, 2.05) is 0 Å². The molecule has 1 fully saturated rings. The van der Waals surface area contributed by atoms with Crippen molar-refractivity contribution in [2.45, 2.75) is 72.4 Å². The molecule has 0 amide bonds. The summed E-state index contributed by atoms with van der Waals surface area (Å²) in [6.07, 6.45) is 3.59. The maximum atomic E-state index is 5.51. The number of piperazine rings is 1. The van der Waals surface area contributed by atoms with Gasteiger partial charge in [0.05, 0.1) is 0 Å². The fourth-order valence-corrected chi connectivity index (χ4v) is 3.26. The van der Waals surface area contributed by atoms with Crippen LogP contribution < -0.4 is 5.32 Å². The molecule has 0 aromatic carbocycles. The van der Waals surface area contributed by atoms with E-state index < -0.39 is 0 Å². The maximum Gasteiger partial charge on any atom is 0.0478 e. The SMILES string of the molecule is CCOCCCN1CC(C(C)(C)C)NCC1(CC)CC. The average Bonchev–Trinajstić information content (AvgIpc) is 2.42. The van der Waals surface area contributed by atoms with Crippen molar-refractivity contribution in [3.63, 3.8) is 0 Å². The lowest BCUT2D eigenvalue weighted by Gasteiger charge is -2.52. The van der Waals surface area contributed by atoms with Gasteiger partial charge in [0.15, 0.2) is 0 Å². The van der Waals surface area contributed by atoms with Gasteiger partial charge in [-0.15, -0.1) is 0 Å². The molecule has 0 aliphatic carbocycles. The number of rotatable bonds is 7. The quantitative estimate of drug-likeness (QED) is 0.726. The molecule has 1 heterocycles. The molecule has 1 rings (SSSR count). The van der Waals surface area contributed by atoms with Crippen LogP contribution in [0.2, 0.25) is 0 Å². The lowest BCUT2D eigenvalue weighted by molar-refractivity contribution is 0.00146. The van der Waals surface area contributed by atoms with Gasteiger partial charge in [-0.1, -0.05) is 34.6 Å². The first-order valence-electron chi connectivity index (χ1n) is 8.45. The van der Waals surface area contributed by atoms with E-state index in [9.17, 15) is 0 Å². The number of hydrogen-bond acceptors (Lipinski definition) is 3. The van der Waals surface area contributed by atoms with Gasteiger partial charge in [0.2, 0.25) is 0 Å². The summed E-state index contributed by atoms with van der Waals surface area (Å²) >= 11 is 0. The highest BCUT2D eigenvalue weighted by Gasteiger charge is 2.41. The number of nitrogens with zero attached hydrogens (tertiary/aromatic N) is 1. The molecule has 1 aliphatic rings. The van der Waals surface area contributed by atoms with E-state index in [-0.39, 0.29) is 0 Å². The minimum Gasteiger partial charge on any atom is -0.382 e. The second-order valence-electron chi connectivity index (χ2n) is 7.23. The van der Waals surface area contributed by atoms with Crippen molar-refractivity contribution in [1.82, 2.24) is 10.2 Å². The lowest BCUT2D eigenvalue weighted by atomic mass is 9.80. The summed E-state index contributed by atoms with van der Waals surface area (Å²) in [7, 11) is 0. The van der Waals surface area contributed by atoms with E-state index in [4.69, 9.17) is 4.74 Å². The fraction of sp³-hybridized carbons (Fsp3) is 1.00. The summed E-state index contributed by atoms with van der Waals surface area (Å²) in [5.41, 5.74) is 0.666. The van der Waals surface area contributed by atoms with Crippen LogP contribution in [0, 0.1) is 5.41 Å². The third kappa shape index (κ3) is 4.44. The monoisotopic (exact) mass is 284 g/mol. The molecule has 3 heteroatoms. The van der Waals surface area contributed by atoms with Crippen LogP contribution in [-0.4, -0.2) is 49.3 Å². The summed E-state index contributed by atoms with van der Waals surface area (Å²) in [5.74, 6) is 0. The topological polar surface area (TPSA) is 24.5 Å². The van der Waals surface area contributed by atoms with Crippen molar-refractivity contribution in [2.24, 2.45) is 5.41 Å². The van der Waals surface area contributed by atoms with E-state index in [1.165, 1.54) is 12.8 Å². The van der Waals surface area contributed by atoms with Gasteiger partial charge in [-0.3, -0.25) is 4.90 Å². The summed E-state index contributed by atoms with van der Waals surface area (Å²) in [5, 5.41) is 3.81. The molecule has 0 radical (unpaired) electrons. The van der Waals surface area contributed by atoms with Crippen LogP contribution in [0.4, 0.5) is 0 Å². The molecular formula is C17H36N2O. The Bertz CT molecular complexity index is 269. The summed E-state index contributed by atoms with van der Waals surface area (Å²) in [6.45, 7) is 18.9. The second kappa shape index (κ2) is 7.77. The Morgan fingerprint density at radius 1 is 1.20 bits per heavy atom. The highest BCUT2D eigenvalue weighted by atomic mass is 16.5. The van der Waals surface area contributed by atoms with Crippen LogP contribution in [0.15, 0.2) is 0 Å². The van der Waals surface area contributed by atoms with Gasteiger partial charge in [0.25, 0.3) is 0 Å². The van der Waals surface area contributed by atoms with Crippen LogP contribution in [0.1, 0.15) is 60.8 Å². The van der Waals surface area contributed by atoms with Crippen LogP contribution in [0.5, 0.6) is 0 Å². The zero-order chi connectivity index (χ0) is 15.2. The van der Waals surface area contributed by atoms with Crippen LogP contribution in [-0.2, 0) is 4.74 Å². The minimum absolute atomic E-state index is 0.325. The highest BCUT2D eigenvalue weighted by Crippen LogP contribution is 2.31. The smallest absolute Gasteiger partial charge is 0.0478 e. The molecule has 0 spiro atoms. The molecule has 1 N–H and O–H groups in total. The molecule has 3 nitrogen and oxygen atoms in total. The van der Waals surface area contributed by atoms with Crippen molar-refractivity contribution in [3.05, 3.63) is 0 Å². The van der Waals surface area contributed by atoms with Gasteiger partial charge in [-0.05, 0) is 31.6 Å². The molecule has 0 bridgehead atoms. The average molecular weight is 284 g/mol. The molecule has 0 aromatic rings. The van der Waals surface area contributed by atoms with E-state index in [0.29, 0.717) is 17.0 Å². The van der Waals surface area contributed by atoms with E-state index >= 15 is 0 Å². The zero-order valence-corrected chi connectivity index (χ0v) is 14.6. The zero-order valence-electron chi connectivity index (χ0n) is 14.6. The Hall–Kier alpha value is -0.120. The van der Waals surface area contributed by atoms with Crippen LogP contribution >= 0.6 is 0 Å². The molecule has 1 unspecified atom stereocenters. The molecule has 1 aliphatic heterocycles. The highest BCUT2D eigenvalue weighted by molar-refractivity contribution is 5.00. The Labute approximate surface area is 126 Å². The van der Waals surface area contributed by atoms with Gasteiger partial charge in [0.1, 0.15) is 0 Å². The van der Waals surface area contributed by atoms with Gasteiger partial charge in [-0.2, -0.15) is 0 Å². The van der Waals surface area contributed by atoms with E-state index in [2.05, 4.69) is 51.8 Å². The standard InChI is InChI=1S/C17H36N2O/c1-7-17(8-2)14-18-15(16(4,5)6)13-19(17)11-10-12-20-9-3/h15,18H,7-14H2,1-6H3. The molecule has 1 saturated heterocycles. The van der Waals surface area contributed by atoms with Gasteiger partial charge >= 0.3 is 0 Å². The first-order valence-corrected chi connectivity index (χ1v) is 8.45. The third-order valence-corrected chi connectivity index (χ3v) is 5.03. The Morgan fingerprint density at radius 3 is 2.35 bits per heavy atom. The Kier molecular flexibility index (Phi) is 6.96. The van der Waals surface area contributed by atoms with E-state index in [1.54, 1.807) is 0 Å². The first kappa shape index (κ1) is 17.9. The molecule has 0 aromatic heterocycles. The third-order valence-electron chi connectivity index (χ3n) is 5.03. The molecule has 1 atom stereocenters. The van der Waals surface area contributed by atoms with Crippen molar-refractivity contribution >= 4 is 0 Å². The molecular weight excluding hydrogens is 248 g/mol. The molecule has 20 heavy (non-hydrogen) atoms.